The molecule has 0 aliphatic rings. The second-order valence-electron chi connectivity index (χ2n) is 4.61. The molecule has 0 saturated heterocycles. The Morgan fingerprint density at radius 3 is 2.65 bits per heavy atom. The number of carbonyl (C=O) groups excluding carboxylic acids is 1. The van der Waals surface area contributed by atoms with E-state index in [9.17, 15) is 4.79 Å². The molecule has 0 bridgehead atoms. The molecule has 0 N–H and O–H groups in total. The van der Waals surface area contributed by atoms with Crippen LogP contribution in [0, 0.1) is 6.92 Å². The second-order valence-corrected chi connectivity index (χ2v) is 4.61. The molecule has 0 spiro atoms. The van der Waals surface area contributed by atoms with E-state index in [2.05, 4.69) is 36.2 Å². The molecule has 1 heterocycles. The lowest BCUT2D eigenvalue weighted by Gasteiger charge is -2.07. The average Bonchev–Trinajstić information content (AvgIpc) is 2.44. The Balaban J connectivity index is 2.28. The van der Waals surface area contributed by atoms with E-state index < -0.39 is 0 Å². The molecule has 0 fully saturated rings. The molecule has 1 amide bonds. The second kappa shape index (κ2) is 6.82. The molecule has 0 aliphatic heterocycles. The number of aromatic nitrogens is 1. The third-order valence-corrected chi connectivity index (χ3v) is 2.90. The molecule has 1 aromatic heterocycles. The lowest BCUT2D eigenvalue weighted by molar-refractivity contribution is -0.121. The summed E-state index contributed by atoms with van der Waals surface area (Å²) in [7, 11) is 1.48. The van der Waals surface area contributed by atoms with Gasteiger partial charge in [-0.1, -0.05) is 35.9 Å². The van der Waals surface area contributed by atoms with Crippen LogP contribution in [0.25, 0.3) is 0 Å². The van der Waals surface area contributed by atoms with Crippen molar-refractivity contribution in [3.8, 4) is 0 Å². The SMILES string of the molecule is COCC(=O)N=c1ccccn1Cc1ccc(C)cc1. The molecule has 20 heavy (non-hydrogen) atoms. The van der Waals surface area contributed by atoms with E-state index in [-0.39, 0.29) is 12.5 Å². The molecule has 0 unspecified atom stereocenters. The molecule has 0 radical (unpaired) electrons. The Hall–Kier alpha value is -2.20. The Labute approximate surface area is 118 Å². The van der Waals surface area contributed by atoms with Crippen LogP contribution in [0.4, 0.5) is 0 Å². The molecule has 1 aromatic carbocycles. The van der Waals surface area contributed by atoms with Crippen molar-refractivity contribution in [3.63, 3.8) is 0 Å². The summed E-state index contributed by atoms with van der Waals surface area (Å²) < 4.78 is 6.74. The minimum atomic E-state index is -0.281. The Kier molecular flexibility index (Phi) is 4.85. The van der Waals surface area contributed by atoms with Crippen LogP contribution in [0.2, 0.25) is 0 Å². The zero-order chi connectivity index (χ0) is 14.4. The number of aryl methyl sites for hydroxylation is 1. The van der Waals surface area contributed by atoms with Crippen LogP contribution >= 0.6 is 0 Å². The van der Waals surface area contributed by atoms with E-state index in [0.717, 1.165) is 0 Å². The van der Waals surface area contributed by atoms with E-state index in [1.54, 1.807) is 0 Å². The van der Waals surface area contributed by atoms with Gasteiger partial charge in [-0.3, -0.25) is 4.79 Å². The smallest absolute Gasteiger partial charge is 0.273 e. The van der Waals surface area contributed by atoms with Crippen molar-refractivity contribution in [1.29, 1.82) is 0 Å². The van der Waals surface area contributed by atoms with Crippen LogP contribution in [0.5, 0.6) is 0 Å². The summed E-state index contributed by atoms with van der Waals surface area (Å²) in [6, 6.07) is 13.9. The number of hydrogen-bond donors (Lipinski definition) is 0. The molecule has 0 atom stereocenters. The Morgan fingerprint density at radius 2 is 1.95 bits per heavy atom. The van der Waals surface area contributed by atoms with Gasteiger partial charge in [0.05, 0.1) is 0 Å². The molecular formula is C16H18N2O2. The van der Waals surface area contributed by atoms with Crippen molar-refractivity contribution in [2.75, 3.05) is 13.7 Å². The van der Waals surface area contributed by atoms with Crippen molar-refractivity contribution < 1.29 is 9.53 Å². The van der Waals surface area contributed by atoms with Crippen LogP contribution in [0.15, 0.2) is 53.7 Å². The lowest BCUT2D eigenvalue weighted by atomic mass is 10.1. The number of amides is 1. The number of hydrogen-bond acceptors (Lipinski definition) is 2. The van der Waals surface area contributed by atoms with Gasteiger partial charge < -0.3 is 9.30 Å². The number of pyridine rings is 1. The predicted octanol–water partition coefficient (Wildman–Crippen LogP) is 1.92. The van der Waals surface area contributed by atoms with E-state index in [1.807, 2.05) is 29.0 Å². The minimum absolute atomic E-state index is 0.000569. The summed E-state index contributed by atoms with van der Waals surface area (Å²) in [5.41, 5.74) is 3.03. The van der Waals surface area contributed by atoms with Gasteiger partial charge >= 0.3 is 0 Å². The molecule has 4 nitrogen and oxygen atoms in total. The fraction of sp³-hybridized carbons (Fsp3) is 0.250. The summed E-state index contributed by atoms with van der Waals surface area (Å²) >= 11 is 0. The highest BCUT2D eigenvalue weighted by atomic mass is 16.5. The van der Waals surface area contributed by atoms with Gasteiger partial charge in [0.1, 0.15) is 12.1 Å². The molecule has 0 aliphatic carbocycles. The zero-order valence-corrected chi connectivity index (χ0v) is 11.7. The van der Waals surface area contributed by atoms with Gasteiger partial charge in [-0.05, 0) is 24.6 Å². The Bertz CT molecular complexity index is 642. The van der Waals surface area contributed by atoms with Gasteiger partial charge in [0, 0.05) is 19.9 Å². The third-order valence-electron chi connectivity index (χ3n) is 2.90. The van der Waals surface area contributed by atoms with Gasteiger partial charge in [-0.2, -0.15) is 4.99 Å². The van der Waals surface area contributed by atoms with Gasteiger partial charge in [0.25, 0.3) is 5.91 Å². The zero-order valence-electron chi connectivity index (χ0n) is 11.7. The van der Waals surface area contributed by atoms with Crippen molar-refractivity contribution in [2.45, 2.75) is 13.5 Å². The van der Waals surface area contributed by atoms with E-state index in [1.165, 1.54) is 18.2 Å². The normalized spacial score (nSPS) is 11.6. The topological polar surface area (TPSA) is 43.6 Å². The summed E-state index contributed by atoms with van der Waals surface area (Å²) in [5.74, 6) is -0.281. The molecule has 0 saturated carbocycles. The van der Waals surface area contributed by atoms with Gasteiger partial charge in [-0.15, -0.1) is 0 Å². The quantitative estimate of drug-likeness (QED) is 0.852. The van der Waals surface area contributed by atoms with Gasteiger partial charge in [0.2, 0.25) is 0 Å². The third kappa shape index (κ3) is 3.90. The van der Waals surface area contributed by atoms with Crippen LogP contribution < -0.4 is 5.49 Å². The maximum absolute atomic E-state index is 11.6. The Morgan fingerprint density at radius 1 is 1.20 bits per heavy atom. The first-order valence-electron chi connectivity index (χ1n) is 6.46. The largest absolute Gasteiger partial charge is 0.375 e. The number of rotatable bonds is 4. The van der Waals surface area contributed by atoms with Crippen molar-refractivity contribution in [2.24, 2.45) is 4.99 Å². The highest BCUT2D eigenvalue weighted by Crippen LogP contribution is 2.04. The highest BCUT2D eigenvalue weighted by Gasteiger charge is 2.00. The van der Waals surface area contributed by atoms with E-state index >= 15 is 0 Å². The number of carbonyl (C=O) groups is 1. The highest BCUT2D eigenvalue weighted by molar-refractivity contribution is 5.78. The fourth-order valence-electron chi connectivity index (χ4n) is 1.88. The molecular weight excluding hydrogens is 252 g/mol. The first kappa shape index (κ1) is 14.2. The number of ether oxygens (including phenoxy) is 1. The maximum Gasteiger partial charge on any atom is 0.273 e. The monoisotopic (exact) mass is 270 g/mol. The van der Waals surface area contributed by atoms with Crippen LogP contribution in [0.3, 0.4) is 0 Å². The fourth-order valence-corrected chi connectivity index (χ4v) is 1.88. The molecule has 2 aromatic rings. The summed E-state index contributed by atoms with van der Waals surface area (Å²) in [6.07, 6.45) is 1.92. The number of benzene rings is 1. The molecule has 4 heteroatoms. The first-order chi connectivity index (χ1) is 9.69. The summed E-state index contributed by atoms with van der Waals surface area (Å²) in [5, 5.41) is 0. The summed E-state index contributed by atoms with van der Waals surface area (Å²) in [4.78, 5) is 15.6. The van der Waals surface area contributed by atoms with Crippen LogP contribution in [-0.2, 0) is 16.1 Å². The predicted molar refractivity (Wildman–Crippen MR) is 77.2 cm³/mol. The lowest BCUT2D eigenvalue weighted by Crippen LogP contribution is -2.23. The number of nitrogens with zero attached hydrogens (tertiary/aromatic N) is 2. The van der Waals surface area contributed by atoms with Gasteiger partial charge in [0.15, 0.2) is 0 Å². The van der Waals surface area contributed by atoms with Crippen molar-refractivity contribution in [1.82, 2.24) is 4.57 Å². The van der Waals surface area contributed by atoms with E-state index in [4.69, 9.17) is 4.74 Å². The maximum atomic E-state index is 11.6. The molecule has 104 valence electrons. The van der Waals surface area contributed by atoms with Gasteiger partial charge in [-0.25, -0.2) is 0 Å². The minimum Gasteiger partial charge on any atom is -0.375 e. The van der Waals surface area contributed by atoms with Crippen LogP contribution in [0.1, 0.15) is 11.1 Å². The average molecular weight is 270 g/mol. The standard InChI is InChI=1S/C16H18N2O2/c1-13-6-8-14(9-7-13)11-18-10-4-3-5-15(18)17-16(19)12-20-2/h3-10H,11-12H2,1-2H3. The number of methoxy groups -OCH3 is 1. The first-order valence-corrected chi connectivity index (χ1v) is 6.46. The van der Waals surface area contributed by atoms with Crippen molar-refractivity contribution in [3.05, 3.63) is 65.3 Å². The van der Waals surface area contributed by atoms with Crippen molar-refractivity contribution >= 4 is 5.91 Å². The molecule has 2 rings (SSSR count). The van der Waals surface area contributed by atoms with Crippen LogP contribution in [-0.4, -0.2) is 24.2 Å². The summed E-state index contributed by atoms with van der Waals surface area (Å²) in [6.45, 7) is 2.74. The van der Waals surface area contributed by atoms with E-state index in [0.29, 0.717) is 12.0 Å².